The van der Waals surface area contributed by atoms with Gasteiger partial charge in [0.25, 0.3) is 5.91 Å². The molecule has 92 valence electrons. The molecule has 5 heteroatoms. The predicted octanol–water partition coefficient (Wildman–Crippen LogP) is 1.47. The van der Waals surface area contributed by atoms with Gasteiger partial charge in [0.15, 0.2) is 6.10 Å². The summed E-state index contributed by atoms with van der Waals surface area (Å²) in [6.45, 7) is 0.955. The van der Waals surface area contributed by atoms with E-state index in [2.05, 4.69) is 16.5 Å². The number of aliphatic hydroxyl groups excluding tert-OH is 1. The topological polar surface area (TPSA) is 52.6 Å². The normalized spacial score (nSPS) is 17.8. The molecular weight excluding hydrogens is 236 g/mol. The van der Waals surface area contributed by atoms with Crippen LogP contribution in [0.5, 0.6) is 0 Å². The van der Waals surface area contributed by atoms with Crippen LogP contribution in [0, 0.1) is 0 Å². The number of aliphatic hydroxyl groups is 1. The summed E-state index contributed by atoms with van der Waals surface area (Å²) < 4.78 is 0. The summed E-state index contributed by atoms with van der Waals surface area (Å²) in [5, 5.41) is 12.3. The Hall–Kier alpha value is -1.20. The number of thioether (sulfide) groups is 1. The molecule has 0 saturated heterocycles. The Morgan fingerprint density at radius 2 is 2.29 bits per heavy atom. The number of nitrogens with zero attached hydrogens (tertiary/aromatic N) is 1. The van der Waals surface area contributed by atoms with Crippen molar-refractivity contribution < 1.29 is 9.90 Å². The number of anilines is 2. The van der Waals surface area contributed by atoms with Gasteiger partial charge in [0.1, 0.15) is 0 Å². The van der Waals surface area contributed by atoms with Gasteiger partial charge in [-0.3, -0.25) is 4.79 Å². The number of hydrogen-bond acceptors (Lipinski definition) is 4. The second-order valence-corrected chi connectivity index (χ2v) is 5.06. The second kappa shape index (κ2) is 4.98. The standard InChI is InChI=1S/C12H16N2O2S/c1-14(5-6-17-2)8-3-4-9-10(7-8)13-12(16)11(9)15/h3-4,7,11,15H,5-6H2,1-2H3,(H,13,16). The largest absolute Gasteiger partial charge is 0.378 e. The lowest BCUT2D eigenvalue weighted by Gasteiger charge is -2.19. The van der Waals surface area contributed by atoms with Crippen molar-refractivity contribution in [1.29, 1.82) is 0 Å². The average molecular weight is 252 g/mol. The maximum atomic E-state index is 11.3. The molecule has 0 spiro atoms. The number of fused-ring (bicyclic) bond motifs is 1. The molecule has 1 aliphatic rings. The molecule has 1 amide bonds. The molecule has 0 bridgehead atoms. The molecule has 0 fully saturated rings. The zero-order chi connectivity index (χ0) is 12.4. The van der Waals surface area contributed by atoms with Gasteiger partial charge in [-0.1, -0.05) is 6.07 Å². The Kier molecular flexibility index (Phi) is 3.59. The van der Waals surface area contributed by atoms with Gasteiger partial charge in [-0.15, -0.1) is 0 Å². The highest BCUT2D eigenvalue weighted by molar-refractivity contribution is 7.98. The van der Waals surface area contributed by atoms with Gasteiger partial charge in [-0.25, -0.2) is 0 Å². The van der Waals surface area contributed by atoms with Gasteiger partial charge in [0, 0.05) is 36.3 Å². The summed E-state index contributed by atoms with van der Waals surface area (Å²) in [6, 6.07) is 5.65. The zero-order valence-corrected chi connectivity index (χ0v) is 10.8. The van der Waals surface area contributed by atoms with Gasteiger partial charge in [-0.05, 0) is 18.4 Å². The van der Waals surface area contributed by atoms with Crippen molar-refractivity contribution in [2.75, 3.05) is 35.8 Å². The molecule has 17 heavy (non-hydrogen) atoms. The summed E-state index contributed by atoms with van der Waals surface area (Å²) in [7, 11) is 2.02. The first kappa shape index (κ1) is 12.3. The van der Waals surface area contributed by atoms with Crippen molar-refractivity contribution in [2.24, 2.45) is 0 Å². The lowest BCUT2D eigenvalue weighted by Crippen LogP contribution is -2.20. The van der Waals surface area contributed by atoms with E-state index >= 15 is 0 Å². The van der Waals surface area contributed by atoms with Gasteiger partial charge < -0.3 is 15.3 Å². The summed E-state index contributed by atoms with van der Waals surface area (Å²) in [6.07, 6.45) is 1.06. The fraction of sp³-hybridized carbons (Fsp3) is 0.417. The minimum Gasteiger partial charge on any atom is -0.378 e. The van der Waals surface area contributed by atoms with Crippen molar-refractivity contribution in [2.45, 2.75) is 6.10 Å². The Bertz CT molecular complexity index is 437. The average Bonchev–Trinajstić information content (AvgIpc) is 2.61. The Morgan fingerprint density at radius 3 is 3.00 bits per heavy atom. The maximum Gasteiger partial charge on any atom is 0.257 e. The van der Waals surface area contributed by atoms with Crippen molar-refractivity contribution in [1.82, 2.24) is 0 Å². The van der Waals surface area contributed by atoms with Crippen LogP contribution in [-0.4, -0.2) is 36.6 Å². The van der Waals surface area contributed by atoms with Crippen molar-refractivity contribution in [3.8, 4) is 0 Å². The Morgan fingerprint density at radius 1 is 1.53 bits per heavy atom. The first-order valence-corrected chi connectivity index (χ1v) is 6.86. The first-order chi connectivity index (χ1) is 8.13. The van der Waals surface area contributed by atoms with E-state index in [-0.39, 0.29) is 5.91 Å². The molecule has 1 unspecified atom stereocenters. The number of hydrogen-bond donors (Lipinski definition) is 2. The SMILES string of the molecule is CSCCN(C)c1ccc2c(c1)NC(=O)C2O. The van der Waals surface area contributed by atoms with E-state index in [9.17, 15) is 9.90 Å². The highest BCUT2D eigenvalue weighted by Gasteiger charge is 2.28. The van der Waals surface area contributed by atoms with Gasteiger partial charge >= 0.3 is 0 Å². The molecule has 0 aromatic heterocycles. The van der Waals surface area contributed by atoms with Crippen LogP contribution in [0.25, 0.3) is 0 Å². The monoisotopic (exact) mass is 252 g/mol. The van der Waals surface area contributed by atoms with Crippen LogP contribution in [0.1, 0.15) is 11.7 Å². The maximum absolute atomic E-state index is 11.3. The van der Waals surface area contributed by atoms with E-state index in [1.54, 1.807) is 11.8 Å². The van der Waals surface area contributed by atoms with Crippen molar-refractivity contribution in [3.63, 3.8) is 0 Å². The van der Waals surface area contributed by atoms with E-state index in [1.165, 1.54) is 0 Å². The molecule has 1 aliphatic heterocycles. The Balaban J connectivity index is 2.18. The number of carbonyl (C=O) groups is 1. The van der Waals surface area contributed by atoms with Crippen LogP contribution in [0.2, 0.25) is 0 Å². The predicted molar refractivity (Wildman–Crippen MR) is 71.7 cm³/mol. The fourth-order valence-corrected chi connectivity index (χ4v) is 2.28. The quantitative estimate of drug-likeness (QED) is 0.852. The second-order valence-electron chi connectivity index (χ2n) is 4.08. The summed E-state index contributed by atoms with van der Waals surface area (Å²) >= 11 is 1.80. The smallest absolute Gasteiger partial charge is 0.257 e. The van der Waals surface area contributed by atoms with Gasteiger partial charge in [0.05, 0.1) is 0 Å². The fourth-order valence-electron chi connectivity index (χ4n) is 1.83. The van der Waals surface area contributed by atoms with Crippen LogP contribution in [0.3, 0.4) is 0 Å². The van der Waals surface area contributed by atoms with E-state index in [0.717, 1.165) is 23.7 Å². The van der Waals surface area contributed by atoms with E-state index in [1.807, 2.05) is 25.2 Å². The highest BCUT2D eigenvalue weighted by atomic mass is 32.2. The third kappa shape index (κ3) is 2.40. The van der Waals surface area contributed by atoms with E-state index in [0.29, 0.717) is 5.56 Å². The molecule has 0 saturated carbocycles. The van der Waals surface area contributed by atoms with Crippen LogP contribution >= 0.6 is 11.8 Å². The minimum absolute atomic E-state index is 0.344. The van der Waals surface area contributed by atoms with Crippen molar-refractivity contribution >= 4 is 29.0 Å². The molecule has 4 nitrogen and oxygen atoms in total. The lowest BCUT2D eigenvalue weighted by atomic mass is 10.1. The van der Waals surface area contributed by atoms with Crippen molar-refractivity contribution in [3.05, 3.63) is 23.8 Å². The molecule has 2 rings (SSSR count). The zero-order valence-electron chi connectivity index (χ0n) is 9.93. The number of rotatable bonds is 4. The molecule has 0 radical (unpaired) electrons. The highest BCUT2D eigenvalue weighted by Crippen LogP contribution is 2.33. The van der Waals surface area contributed by atoms with Crippen LogP contribution in [-0.2, 0) is 4.79 Å². The minimum atomic E-state index is -1.02. The number of carbonyl (C=O) groups excluding carboxylic acids is 1. The molecule has 0 aliphatic carbocycles. The first-order valence-electron chi connectivity index (χ1n) is 5.46. The number of nitrogens with one attached hydrogen (secondary N) is 1. The number of benzene rings is 1. The molecule has 1 atom stereocenters. The van der Waals surface area contributed by atoms with E-state index < -0.39 is 6.10 Å². The van der Waals surface area contributed by atoms with Crippen LogP contribution < -0.4 is 10.2 Å². The van der Waals surface area contributed by atoms with Gasteiger partial charge in [0.2, 0.25) is 0 Å². The molecule has 2 N–H and O–H groups in total. The molecule has 1 heterocycles. The van der Waals surface area contributed by atoms with Crippen LogP contribution in [0.4, 0.5) is 11.4 Å². The van der Waals surface area contributed by atoms with Gasteiger partial charge in [-0.2, -0.15) is 11.8 Å². The van der Waals surface area contributed by atoms with Crippen LogP contribution in [0.15, 0.2) is 18.2 Å². The molecule has 1 aromatic rings. The summed E-state index contributed by atoms with van der Waals surface area (Å²) in [5.41, 5.74) is 2.43. The summed E-state index contributed by atoms with van der Waals surface area (Å²) in [5.74, 6) is 0.715. The van der Waals surface area contributed by atoms with E-state index in [4.69, 9.17) is 0 Å². The molecule has 1 aromatic carbocycles. The lowest BCUT2D eigenvalue weighted by molar-refractivity contribution is -0.123. The third-order valence-electron chi connectivity index (χ3n) is 2.91. The molecular formula is C12H16N2O2S. The number of amides is 1. The third-order valence-corrected chi connectivity index (χ3v) is 3.50. The Labute approximate surface area is 105 Å². The summed E-state index contributed by atoms with van der Waals surface area (Å²) in [4.78, 5) is 13.4.